The van der Waals surface area contributed by atoms with Crippen LogP contribution in [0.25, 0.3) is 0 Å². The van der Waals surface area contributed by atoms with Crippen molar-refractivity contribution in [2.45, 2.75) is 64.4 Å². The molecule has 5 atom stereocenters. The van der Waals surface area contributed by atoms with Gasteiger partial charge < -0.3 is 20.6 Å². The number of carbonyl (C=O) groups excluding carboxylic acids is 1. The van der Waals surface area contributed by atoms with Crippen molar-refractivity contribution in [3.8, 4) is 0 Å². The summed E-state index contributed by atoms with van der Waals surface area (Å²) in [7, 11) is 0. The number of nitrogens with one attached hydrogen (secondary N) is 1. The van der Waals surface area contributed by atoms with Crippen LogP contribution in [0.3, 0.4) is 0 Å². The summed E-state index contributed by atoms with van der Waals surface area (Å²) in [5.41, 5.74) is 1.08. The first-order valence-electron chi connectivity index (χ1n) is 10.8. The van der Waals surface area contributed by atoms with Gasteiger partial charge >= 0.3 is 0 Å². The minimum absolute atomic E-state index is 0.0180. The van der Waals surface area contributed by atoms with E-state index >= 15 is 0 Å². The van der Waals surface area contributed by atoms with Gasteiger partial charge in [0.15, 0.2) is 0 Å². The van der Waals surface area contributed by atoms with Crippen molar-refractivity contribution < 1.29 is 20.1 Å². The zero-order chi connectivity index (χ0) is 23.1. The second-order valence-electron chi connectivity index (χ2n) is 7.98. The van der Waals surface area contributed by atoms with Crippen molar-refractivity contribution in [1.82, 2.24) is 5.32 Å². The third kappa shape index (κ3) is 13.4. The third-order valence-electron chi connectivity index (χ3n) is 4.81. The standard InChI is InChI=1S/C26H37NO4/c1-20-12-8-10-14-21(2)25(30)19-24(29)18-23(28)16-6-4-5-7-17-26(31)27-22(3)15-11-9-13-20/h4-14,16-17,21-25,28-30H,15,18-19H2,1-3H3,(H,27,31)/b5-4+,11-9+,12-8+,14-10+,16-6-,17-7-,20-13+. The average molecular weight is 428 g/mol. The summed E-state index contributed by atoms with van der Waals surface area (Å²) >= 11 is 0. The summed E-state index contributed by atoms with van der Waals surface area (Å²) in [5.74, 6) is -0.283. The Morgan fingerprint density at radius 3 is 2.32 bits per heavy atom. The molecule has 1 aliphatic rings. The number of hydrogen-bond acceptors (Lipinski definition) is 4. The van der Waals surface area contributed by atoms with Crippen LogP contribution in [0.5, 0.6) is 0 Å². The quantitative estimate of drug-likeness (QED) is 0.475. The Balaban J connectivity index is 2.87. The molecule has 0 bridgehead atoms. The van der Waals surface area contributed by atoms with Crippen molar-refractivity contribution in [2.75, 3.05) is 0 Å². The number of aliphatic hydroxyl groups excluding tert-OH is 3. The highest BCUT2D eigenvalue weighted by Gasteiger charge is 2.18. The minimum atomic E-state index is -0.817. The summed E-state index contributed by atoms with van der Waals surface area (Å²) in [5, 5.41) is 33.4. The van der Waals surface area contributed by atoms with E-state index in [2.05, 4.69) is 5.32 Å². The molecule has 31 heavy (non-hydrogen) atoms. The predicted octanol–water partition coefficient (Wildman–Crippen LogP) is 3.68. The summed E-state index contributed by atoms with van der Waals surface area (Å²) < 4.78 is 0. The smallest absolute Gasteiger partial charge is 0.244 e. The molecule has 0 spiro atoms. The molecule has 1 aliphatic heterocycles. The van der Waals surface area contributed by atoms with E-state index in [9.17, 15) is 20.1 Å². The molecule has 5 unspecified atom stereocenters. The van der Waals surface area contributed by atoms with E-state index in [-0.39, 0.29) is 30.7 Å². The predicted molar refractivity (Wildman–Crippen MR) is 127 cm³/mol. The van der Waals surface area contributed by atoms with Crippen molar-refractivity contribution in [2.24, 2.45) is 5.92 Å². The number of allylic oxidation sites excluding steroid dienone is 10. The highest BCUT2D eigenvalue weighted by molar-refractivity contribution is 5.87. The molecule has 1 amide bonds. The number of rotatable bonds is 0. The normalized spacial score (nSPS) is 37.8. The molecule has 5 heteroatoms. The molecule has 1 heterocycles. The van der Waals surface area contributed by atoms with Gasteiger partial charge in [0, 0.05) is 24.5 Å². The number of carbonyl (C=O) groups is 1. The Hall–Kier alpha value is -2.47. The second kappa shape index (κ2) is 15.3. The van der Waals surface area contributed by atoms with Crippen molar-refractivity contribution in [3.63, 3.8) is 0 Å². The van der Waals surface area contributed by atoms with Crippen LogP contribution >= 0.6 is 0 Å². The fraction of sp³-hybridized carbons (Fsp3) is 0.423. The van der Waals surface area contributed by atoms with E-state index in [4.69, 9.17) is 0 Å². The van der Waals surface area contributed by atoms with Gasteiger partial charge in [0.2, 0.25) is 5.91 Å². The van der Waals surface area contributed by atoms with Gasteiger partial charge in [-0.05, 0) is 26.7 Å². The molecule has 0 aliphatic carbocycles. The van der Waals surface area contributed by atoms with Gasteiger partial charge in [0.25, 0.3) is 0 Å². The maximum absolute atomic E-state index is 11.9. The zero-order valence-corrected chi connectivity index (χ0v) is 18.8. The largest absolute Gasteiger partial charge is 0.393 e. The van der Waals surface area contributed by atoms with Crippen LogP contribution in [0.1, 0.15) is 40.0 Å². The number of hydrogen-bond donors (Lipinski definition) is 4. The molecule has 1 rings (SSSR count). The zero-order valence-electron chi connectivity index (χ0n) is 18.8. The lowest BCUT2D eigenvalue weighted by atomic mass is 9.96. The third-order valence-corrected chi connectivity index (χ3v) is 4.81. The lowest BCUT2D eigenvalue weighted by Gasteiger charge is -2.20. The van der Waals surface area contributed by atoms with Crippen LogP contribution in [-0.2, 0) is 4.79 Å². The van der Waals surface area contributed by atoms with Crippen LogP contribution < -0.4 is 5.32 Å². The SMILES string of the molecule is CC1=C\C=C\CC(C)NC(=O)\C=C/C=C/C=C\C(O)CC(O)CC(O)C(C)\C=C\C=C\1. The first-order chi connectivity index (χ1) is 14.8. The average Bonchev–Trinajstić information content (AvgIpc) is 2.70. The molecule has 0 saturated carbocycles. The number of amides is 1. The van der Waals surface area contributed by atoms with Crippen molar-refractivity contribution in [1.29, 1.82) is 0 Å². The highest BCUT2D eigenvalue weighted by atomic mass is 16.3. The lowest BCUT2D eigenvalue weighted by Crippen LogP contribution is -2.30. The van der Waals surface area contributed by atoms with E-state index in [0.29, 0.717) is 0 Å². The van der Waals surface area contributed by atoms with E-state index in [0.717, 1.165) is 12.0 Å². The van der Waals surface area contributed by atoms with E-state index in [1.807, 2.05) is 63.3 Å². The molecule has 0 radical (unpaired) electrons. The van der Waals surface area contributed by atoms with Crippen LogP contribution in [-0.4, -0.2) is 45.6 Å². The monoisotopic (exact) mass is 427 g/mol. The number of aliphatic hydroxyl groups is 3. The van der Waals surface area contributed by atoms with Gasteiger partial charge in [-0.3, -0.25) is 4.79 Å². The molecule has 5 nitrogen and oxygen atoms in total. The first-order valence-corrected chi connectivity index (χ1v) is 10.8. The van der Waals surface area contributed by atoms with Crippen LogP contribution in [0.15, 0.2) is 84.6 Å². The summed E-state index contributed by atoms with van der Waals surface area (Å²) in [6, 6.07) is 0.0180. The molecule has 4 N–H and O–H groups in total. The molecule has 0 fully saturated rings. The Bertz CT molecular complexity index is 743. The van der Waals surface area contributed by atoms with Crippen LogP contribution in [0, 0.1) is 5.92 Å². The molecule has 170 valence electrons. The second-order valence-corrected chi connectivity index (χ2v) is 7.98. The fourth-order valence-corrected chi connectivity index (χ4v) is 2.89. The summed E-state index contributed by atoms with van der Waals surface area (Å²) in [6.45, 7) is 5.84. The Kier molecular flexibility index (Phi) is 13.2. The summed E-state index contributed by atoms with van der Waals surface area (Å²) in [6.07, 6.45) is 22.1. The highest BCUT2D eigenvalue weighted by Crippen LogP contribution is 2.14. The first kappa shape index (κ1) is 26.6. The summed E-state index contributed by atoms with van der Waals surface area (Å²) in [4.78, 5) is 11.9. The molecule has 0 aromatic rings. The van der Waals surface area contributed by atoms with E-state index < -0.39 is 18.3 Å². The van der Waals surface area contributed by atoms with E-state index in [1.54, 1.807) is 30.4 Å². The van der Waals surface area contributed by atoms with Crippen molar-refractivity contribution in [3.05, 3.63) is 84.6 Å². The maximum Gasteiger partial charge on any atom is 0.244 e. The Morgan fingerprint density at radius 1 is 0.871 bits per heavy atom. The Morgan fingerprint density at radius 2 is 1.55 bits per heavy atom. The van der Waals surface area contributed by atoms with E-state index in [1.165, 1.54) is 6.08 Å². The topological polar surface area (TPSA) is 89.8 Å². The maximum atomic E-state index is 11.9. The molecular weight excluding hydrogens is 390 g/mol. The van der Waals surface area contributed by atoms with Gasteiger partial charge in [-0.15, -0.1) is 0 Å². The van der Waals surface area contributed by atoms with Crippen LogP contribution in [0.4, 0.5) is 0 Å². The van der Waals surface area contributed by atoms with Gasteiger partial charge in [0.05, 0.1) is 18.3 Å². The van der Waals surface area contributed by atoms with Gasteiger partial charge in [-0.1, -0.05) is 85.4 Å². The Labute approximate surface area is 186 Å². The van der Waals surface area contributed by atoms with Gasteiger partial charge in [0.1, 0.15) is 0 Å². The van der Waals surface area contributed by atoms with Gasteiger partial charge in [-0.2, -0.15) is 0 Å². The van der Waals surface area contributed by atoms with Crippen LogP contribution in [0.2, 0.25) is 0 Å². The molecule has 0 aromatic carbocycles. The fourth-order valence-electron chi connectivity index (χ4n) is 2.89. The van der Waals surface area contributed by atoms with Gasteiger partial charge in [-0.25, -0.2) is 0 Å². The molecule has 0 aromatic heterocycles. The molecule has 0 saturated heterocycles. The lowest BCUT2D eigenvalue weighted by molar-refractivity contribution is -0.117. The van der Waals surface area contributed by atoms with Crippen molar-refractivity contribution >= 4 is 5.91 Å². The molecular formula is C26H37NO4. The minimum Gasteiger partial charge on any atom is -0.393 e.